The van der Waals surface area contributed by atoms with Gasteiger partial charge in [-0.05, 0) is 49.1 Å². The van der Waals surface area contributed by atoms with Crippen molar-refractivity contribution >= 4 is 23.6 Å². The van der Waals surface area contributed by atoms with E-state index in [4.69, 9.17) is 10.5 Å². The van der Waals surface area contributed by atoms with E-state index < -0.39 is 11.8 Å². The average molecular weight is 441 g/mol. The summed E-state index contributed by atoms with van der Waals surface area (Å²) in [5, 5.41) is 8.11. The van der Waals surface area contributed by atoms with Crippen molar-refractivity contribution in [3.05, 3.63) is 77.6 Å². The monoisotopic (exact) mass is 441 g/mol. The summed E-state index contributed by atoms with van der Waals surface area (Å²) in [6.45, 7) is 2.46. The smallest absolute Gasteiger partial charge is 0.248 e. The normalized spacial score (nSPS) is 15.2. The van der Waals surface area contributed by atoms with Gasteiger partial charge in [0.1, 0.15) is 5.71 Å². The van der Waals surface area contributed by atoms with Crippen molar-refractivity contribution < 1.29 is 14.3 Å². The van der Waals surface area contributed by atoms with Crippen molar-refractivity contribution in [2.75, 3.05) is 6.61 Å². The number of hydrogen-bond acceptors (Lipinski definition) is 7. The molecule has 2 N–H and O–H groups in total. The molecule has 0 saturated carbocycles. The fraction of sp³-hybridized carbons (Fsp3) is 0.200. The molecule has 2 aromatic carbocycles. The minimum absolute atomic E-state index is 0.127. The Morgan fingerprint density at radius 3 is 2.61 bits per heavy atom. The molecule has 8 nitrogen and oxygen atoms in total. The molecule has 33 heavy (non-hydrogen) atoms. The van der Waals surface area contributed by atoms with Gasteiger partial charge in [0.25, 0.3) is 0 Å². The summed E-state index contributed by atoms with van der Waals surface area (Å²) in [6.07, 6.45) is 5.85. The van der Waals surface area contributed by atoms with Gasteiger partial charge in [-0.15, -0.1) is 0 Å². The largest absolute Gasteiger partial charge is 0.491 e. The predicted molar refractivity (Wildman–Crippen MR) is 126 cm³/mol. The number of rotatable bonds is 8. The minimum atomic E-state index is -0.583. The molecule has 1 amide bonds. The maximum absolute atomic E-state index is 13.0. The van der Waals surface area contributed by atoms with Crippen molar-refractivity contribution in [2.24, 2.45) is 15.9 Å². The van der Waals surface area contributed by atoms with Crippen LogP contribution in [0.15, 0.2) is 71.1 Å². The third-order valence-electron chi connectivity index (χ3n) is 5.27. The summed E-state index contributed by atoms with van der Waals surface area (Å²) >= 11 is 0. The molecule has 2 heterocycles. The quantitative estimate of drug-likeness (QED) is 0.575. The number of ketones is 1. The van der Waals surface area contributed by atoms with Crippen LogP contribution >= 0.6 is 0 Å². The van der Waals surface area contributed by atoms with Crippen LogP contribution in [0.25, 0.3) is 11.4 Å². The molecular formula is C25H23N5O3. The molecule has 1 aliphatic rings. The number of aromatic nitrogens is 2. The van der Waals surface area contributed by atoms with Gasteiger partial charge in [-0.3, -0.25) is 9.59 Å². The van der Waals surface area contributed by atoms with Crippen LogP contribution in [0, 0.1) is 0 Å². The van der Waals surface area contributed by atoms with Gasteiger partial charge in [0.05, 0.1) is 24.9 Å². The molecule has 166 valence electrons. The van der Waals surface area contributed by atoms with Gasteiger partial charge in [0.15, 0.2) is 17.4 Å². The van der Waals surface area contributed by atoms with Gasteiger partial charge in [0, 0.05) is 17.3 Å². The van der Waals surface area contributed by atoms with Crippen molar-refractivity contribution in [3.63, 3.8) is 0 Å². The zero-order valence-corrected chi connectivity index (χ0v) is 18.1. The molecule has 0 spiro atoms. The Bertz CT molecular complexity index is 1230. The minimum Gasteiger partial charge on any atom is -0.491 e. The lowest BCUT2D eigenvalue weighted by Crippen LogP contribution is -2.26. The number of carbonyl (C=O) groups excluding carboxylic acids is 2. The van der Waals surface area contributed by atoms with E-state index in [-0.39, 0.29) is 5.78 Å². The Labute approximate surface area is 191 Å². The summed E-state index contributed by atoms with van der Waals surface area (Å²) in [5.41, 5.74) is 8.70. The van der Waals surface area contributed by atoms with E-state index in [1.807, 2.05) is 31.2 Å². The van der Waals surface area contributed by atoms with Crippen LogP contribution < -0.4 is 10.5 Å². The third kappa shape index (κ3) is 5.17. The van der Waals surface area contributed by atoms with Gasteiger partial charge in [-0.2, -0.15) is 10.2 Å². The Balaban J connectivity index is 1.45. The van der Waals surface area contributed by atoms with E-state index in [1.165, 1.54) is 6.21 Å². The maximum atomic E-state index is 13.0. The first kappa shape index (κ1) is 22.0. The van der Waals surface area contributed by atoms with Crippen LogP contribution in [0.1, 0.15) is 40.7 Å². The summed E-state index contributed by atoms with van der Waals surface area (Å²) in [5.74, 6) is -0.0200. The number of benzene rings is 2. The first-order chi connectivity index (χ1) is 16.0. The van der Waals surface area contributed by atoms with Crippen molar-refractivity contribution in [2.45, 2.75) is 25.7 Å². The Hall–Kier alpha value is -4.20. The second-order valence-electron chi connectivity index (χ2n) is 7.52. The standard InChI is InChI=1S/C25H23N5O3/c1-2-33-20-13-27-25(28-14-20)19-8-3-5-16(11-19)9-10-22-23(31)21(15-29-30-22)17-6-4-7-18(12-17)24(26)32/h3-8,11-15,21H,2,9-10H2,1H3,(H2,26,32). The average Bonchev–Trinajstić information content (AvgIpc) is 2.84. The van der Waals surface area contributed by atoms with Crippen molar-refractivity contribution in [1.29, 1.82) is 0 Å². The lowest BCUT2D eigenvalue weighted by molar-refractivity contribution is -0.113. The first-order valence-corrected chi connectivity index (χ1v) is 10.6. The molecular weight excluding hydrogens is 418 g/mol. The summed E-state index contributed by atoms with van der Waals surface area (Å²) in [4.78, 5) is 33.2. The molecule has 0 radical (unpaired) electrons. The maximum Gasteiger partial charge on any atom is 0.248 e. The molecule has 0 fully saturated rings. The topological polar surface area (TPSA) is 120 Å². The molecule has 4 rings (SSSR count). The number of amides is 1. The third-order valence-corrected chi connectivity index (χ3v) is 5.27. The van der Waals surface area contributed by atoms with E-state index in [9.17, 15) is 9.59 Å². The molecule has 0 saturated heterocycles. The van der Waals surface area contributed by atoms with Crippen LogP contribution in [0.3, 0.4) is 0 Å². The number of ether oxygens (including phenoxy) is 1. The molecule has 1 aromatic heterocycles. The zero-order chi connectivity index (χ0) is 23.2. The van der Waals surface area contributed by atoms with Crippen LogP contribution in [-0.2, 0) is 11.2 Å². The Kier molecular flexibility index (Phi) is 6.64. The Morgan fingerprint density at radius 1 is 1.06 bits per heavy atom. The van der Waals surface area contributed by atoms with Gasteiger partial charge < -0.3 is 10.5 Å². The summed E-state index contributed by atoms with van der Waals surface area (Å²) in [7, 11) is 0. The summed E-state index contributed by atoms with van der Waals surface area (Å²) < 4.78 is 5.39. The zero-order valence-electron chi connectivity index (χ0n) is 18.1. The van der Waals surface area contributed by atoms with Crippen LogP contribution in [0.2, 0.25) is 0 Å². The fourth-order valence-electron chi connectivity index (χ4n) is 3.60. The number of Topliss-reactive ketones (excluding diaryl/α,β-unsaturated/α-hetero) is 1. The van der Waals surface area contributed by atoms with E-state index in [1.54, 1.807) is 36.7 Å². The summed E-state index contributed by atoms with van der Waals surface area (Å²) in [6, 6.07) is 14.6. The molecule has 1 aliphatic heterocycles. The van der Waals surface area contributed by atoms with Gasteiger partial charge in [-0.1, -0.05) is 30.3 Å². The number of nitrogens with zero attached hydrogens (tertiary/aromatic N) is 4. The molecule has 0 bridgehead atoms. The number of carbonyl (C=O) groups is 2. The predicted octanol–water partition coefficient (Wildman–Crippen LogP) is 3.37. The lowest BCUT2D eigenvalue weighted by Gasteiger charge is -2.16. The molecule has 3 aromatic rings. The van der Waals surface area contributed by atoms with Crippen LogP contribution in [0.4, 0.5) is 0 Å². The van der Waals surface area contributed by atoms with Crippen LogP contribution in [-0.4, -0.2) is 40.2 Å². The first-order valence-electron chi connectivity index (χ1n) is 10.6. The lowest BCUT2D eigenvalue weighted by atomic mass is 9.89. The van der Waals surface area contributed by atoms with Crippen molar-refractivity contribution in [3.8, 4) is 17.1 Å². The second-order valence-corrected chi connectivity index (χ2v) is 7.52. The van der Waals surface area contributed by atoms with Gasteiger partial charge in [0.2, 0.25) is 5.91 Å². The van der Waals surface area contributed by atoms with Crippen LogP contribution in [0.5, 0.6) is 5.75 Å². The Morgan fingerprint density at radius 2 is 1.85 bits per heavy atom. The van der Waals surface area contributed by atoms with E-state index >= 15 is 0 Å². The highest BCUT2D eigenvalue weighted by Gasteiger charge is 2.26. The van der Waals surface area contributed by atoms with E-state index in [0.717, 1.165) is 11.1 Å². The van der Waals surface area contributed by atoms with E-state index in [0.29, 0.717) is 47.9 Å². The SMILES string of the molecule is CCOc1cnc(-c2cccc(CCC3=NN=CC(c4cccc(C(N)=O)c4)C3=O)c2)nc1. The number of hydrogen-bond donors (Lipinski definition) is 1. The molecule has 1 atom stereocenters. The fourth-order valence-corrected chi connectivity index (χ4v) is 3.60. The van der Waals surface area contributed by atoms with Crippen molar-refractivity contribution in [1.82, 2.24) is 9.97 Å². The highest BCUT2D eigenvalue weighted by Crippen LogP contribution is 2.23. The molecule has 0 aliphatic carbocycles. The van der Waals surface area contributed by atoms with E-state index in [2.05, 4.69) is 20.2 Å². The molecule has 1 unspecified atom stereocenters. The highest BCUT2D eigenvalue weighted by atomic mass is 16.5. The second kappa shape index (κ2) is 9.95. The van der Waals surface area contributed by atoms with Gasteiger partial charge >= 0.3 is 0 Å². The van der Waals surface area contributed by atoms with Gasteiger partial charge in [-0.25, -0.2) is 9.97 Å². The number of primary amides is 1. The highest BCUT2D eigenvalue weighted by molar-refractivity contribution is 6.45. The number of nitrogens with two attached hydrogens (primary N) is 1. The number of aryl methyl sites for hydroxylation is 1. The molecule has 8 heteroatoms.